The van der Waals surface area contributed by atoms with Crippen molar-refractivity contribution in [2.24, 2.45) is 0 Å². The fourth-order valence-corrected chi connectivity index (χ4v) is 2.18. The number of benzene rings is 1. The lowest BCUT2D eigenvalue weighted by Crippen LogP contribution is -2.33. The fourth-order valence-electron chi connectivity index (χ4n) is 2.18. The Morgan fingerprint density at radius 2 is 2.10 bits per heavy atom. The maximum Gasteiger partial charge on any atom is 0.328 e. The first kappa shape index (κ1) is 17.2. The summed E-state index contributed by atoms with van der Waals surface area (Å²) in [6.45, 7) is 7.22. The van der Waals surface area contributed by atoms with E-state index < -0.39 is 5.97 Å². The number of aliphatic carboxylic acids is 1. The summed E-state index contributed by atoms with van der Waals surface area (Å²) in [7, 11) is 0. The summed E-state index contributed by atoms with van der Waals surface area (Å²) in [6.07, 6.45) is 5.54. The molecular formula is C17H24FNO2. The van der Waals surface area contributed by atoms with E-state index in [9.17, 15) is 9.18 Å². The number of carboxylic acid groups (broad SMARTS) is 1. The van der Waals surface area contributed by atoms with Crippen molar-refractivity contribution in [2.45, 2.75) is 46.1 Å². The molecule has 0 aliphatic carbocycles. The van der Waals surface area contributed by atoms with Gasteiger partial charge in [0.2, 0.25) is 0 Å². The third kappa shape index (κ3) is 5.58. The van der Waals surface area contributed by atoms with Gasteiger partial charge in [-0.3, -0.25) is 0 Å². The molecule has 1 atom stereocenters. The highest BCUT2D eigenvalue weighted by Crippen LogP contribution is 2.23. The number of carboxylic acids is 1. The highest BCUT2D eigenvalue weighted by molar-refractivity contribution is 5.85. The number of hydrogen-bond acceptors (Lipinski definition) is 2. The molecule has 0 aliphatic rings. The van der Waals surface area contributed by atoms with E-state index in [0.29, 0.717) is 11.6 Å². The van der Waals surface area contributed by atoms with Crippen molar-refractivity contribution in [2.75, 3.05) is 11.4 Å². The van der Waals surface area contributed by atoms with Crippen LogP contribution in [0.1, 0.15) is 45.6 Å². The molecule has 1 aromatic carbocycles. The first-order valence-corrected chi connectivity index (χ1v) is 7.46. The second kappa shape index (κ2) is 8.45. The van der Waals surface area contributed by atoms with E-state index in [4.69, 9.17) is 5.11 Å². The molecule has 0 amide bonds. The quantitative estimate of drug-likeness (QED) is 0.725. The number of hydrogen-bond donors (Lipinski definition) is 1. The van der Waals surface area contributed by atoms with Gasteiger partial charge in [0.1, 0.15) is 5.82 Å². The predicted molar refractivity (Wildman–Crippen MR) is 85.1 cm³/mol. The number of rotatable bonds is 8. The molecular weight excluding hydrogens is 269 g/mol. The zero-order valence-electron chi connectivity index (χ0n) is 13.0. The van der Waals surface area contributed by atoms with Gasteiger partial charge in [-0.15, -0.1) is 0 Å². The van der Waals surface area contributed by atoms with Crippen molar-refractivity contribution in [1.82, 2.24) is 0 Å². The molecule has 0 spiro atoms. The summed E-state index contributed by atoms with van der Waals surface area (Å²) in [5.74, 6) is -1.38. The molecule has 4 heteroatoms. The van der Waals surface area contributed by atoms with Crippen LogP contribution in [0.15, 0.2) is 24.3 Å². The Labute approximate surface area is 126 Å². The molecule has 0 saturated heterocycles. The van der Waals surface area contributed by atoms with Gasteiger partial charge in [-0.25, -0.2) is 9.18 Å². The number of unbranched alkanes of at least 4 members (excludes halogenated alkanes) is 1. The smallest absolute Gasteiger partial charge is 0.328 e. The van der Waals surface area contributed by atoms with E-state index in [2.05, 4.69) is 25.7 Å². The molecule has 3 nitrogen and oxygen atoms in total. The Morgan fingerprint density at radius 1 is 1.38 bits per heavy atom. The average Bonchev–Trinajstić information content (AvgIpc) is 2.44. The number of carbonyl (C=O) groups is 1. The molecule has 0 saturated carbocycles. The van der Waals surface area contributed by atoms with Gasteiger partial charge in [-0.05, 0) is 49.6 Å². The summed E-state index contributed by atoms with van der Waals surface area (Å²) in [6, 6.07) is 5.01. The monoisotopic (exact) mass is 293 g/mol. The van der Waals surface area contributed by atoms with E-state index in [1.54, 1.807) is 0 Å². The van der Waals surface area contributed by atoms with Crippen LogP contribution in [0.25, 0.3) is 6.08 Å². The lowest BCUT2D eigenvalue weighted by atomic mass is 10.1. The maximum absolute atomic E-state index is 13.8. The summed E-state index contributed by atoms with van der Waals surface area (Å²) < 4.78 is 13.8. The Bertz CT molecular complexity index is 500. The minimum atomic E-state index is -1.04. The SMILES string of the molecule is CCCCN(c1cc(F)cc(/C=C/C(=O)O)c1)C(C)CC. The highest BCUT2D eigenvalue weighted by atomic mass is 19.1. The van der Waals surface area contributed by atoms with Crippen LogP contribution in [-0.4, -0.2) is 23.7 Å². The zero-order chi connectivity index (χ0) is 15.8. The van der Waals surface area contributed by atoms with E-state index in [1.807, 2.05) is 6.07 Å². The molecule has 21 heavy (non-hydrogen) atoms. The lowest BCUT2D eigenvalue weighted by molar-refractivity contribution is -0.131. The van der Waals surface area contributed by atoms with Crippen LogP contribution in [0.3, 0.4) is 0 Å². The first-order chi connectivity index (χ1) is 9.97. The van der Waals surface area contributed by atoms with Gasteiger partial charge in [0.15, 0.2) is 0 Å². The zero-order valence-corrected chi connectivity index (χ0v) is 13.0. The topological polar surface area (TPSA) is 40.5 Å². The van der Waals surface area contributed by atoms with Crippen LogP contribution in [0.5, 0.6) is 0 Å². The van der Waals surface area contributed by atoms with E-state index in [-0.39, 0.29) is 5.82 Å². The van der Waals surface area contributed by atoms with Gasteiger partial charge in [-0.1, -0.05) is 20.3 Å². The largest absolute Gasteiger partial charge is 0.478 e. The molecule has 1 unspecified atom stereocenters. The Balaban J connectivity index is 3.09. The van der Waals surface area contributed by atoms with E-state index in [1.165, 1.54) is 18.2 Å². The Morgan fingerprint density at radius 3 is 2.67 bits per heavy atom. The van der Waals surface area contributed by atoms with Crippen molar-refractivity contribution in [3.05, 3.63) is 35.7 Å². The average molecular weight is 293 g/mol. The van der Waals surface area contributed by atoms with Crippen LogP contribution in [0.2, 0.25) is 0 Å². The van der Waals surface area contributed by atoms with E-state index in [0.717, 1.165) is 37.6 Å². The molecule has 0 aromatic heterocycles. The predicted octanol–water partition coefficient (Wildman–Crippen LogP) is 4.33. The summed E-state index contributed by atoms with van der Waals surface area (Å²) in [4.78, 5) is 12.8. The third-order valence-electron chi connectivity index (χ3n) is 3.53. The summed E-state index contributed by atoms with van der Waals surface area (Å²) in [5, 5.41) is 8.67. The molecule has 1 N–H and O–H groups in total. The van der Waals surface area contributed by atoms with Gasteiger partial charge in [0.25, 0.3) is 0 Å². The normalized spacial score (nSPS) is 12.6. The molecule has 0 heterocycles. The third-order valence-corrected chi connectivity index (χ3v) is 3.53. The maximum atomic E-state index is 13.8. The highest BCUT2D eigenvalue weighted by Gasteiger charge is 2.14. The molecule has 0 aliphatic heterocycles. The number of anilines is 1. The van der Waals surface area contributed by atoms with Crippen molar-refractivity contribution in [3.8, 4) is 0 Å². The van der Waals surface area contributed by atoms with Crippen LogP contribution in [0.4, 0.5) is 10.1 Å². The fraction of sp³-hybridized carbons (Fsp3) is 0.471. The Kier molecular flexibility index (Phi) is 6.92. The van der Waals surface area contributed by atoms with Crippen LogP contribution in [-0.2, 0) is 4.79 Å². The van der Waals surface area contributed by atoms with Crippen LogP contribution < -0.4 is 4.90 Å². The number of halogens is 1. The molecule has 116 valence electrons. The minimum Gasteiger partial charge on any atom is -0.478 e. The molecule has 1 aromatic rings. The van der Waals surface area contributed by atoms with Gasteiger partial charge in [0.05, 0.1) is 0 Å². The molecule has 1 rings (SSSR count). The standard InChI is InChI=1S/C17H24FNO2/c1-4-6-9-19(13(3)5-2)16-11-14(7-8-17(20)21)10-15(18)12-16/h7-8,10-13H,4-6,9H2,1-3H3,(H,20,21)/b8-7+. The van der Waals surface area contributed by atoms with Crippen molar-refractivity contribution in [1.29, 1.82) is 0 Å². The lowest BCUT2D eigenvalue weighted by Gasteiger charge is -2.31. The van der Waals surface area contributed by atoms with Crippen LogP contribution in [0, 0.1) is 5.82 Å². The van der Waals surface area contributed by atoms with Crippen molar-refractivity contribution in [3.63, 3.8) is 0 Å². The minimum absolute atomic E-state index is 0.314. The van der Waals surface area contributed by atoms with Gasteiger partial charge >= 0.3 is 5.97 Å². The van der Waals surface area contributed by atoms with Crippen molar-refractivity contribution >= 4 is 17.7 Å². The summed E-state index contributed by atoms with van der Waals surface area (Å²) in [5.41, 5.74) is 1.38. The van der Waals surface area contributed by atoms with Crippen molar-refractivity contribution < 1.29 is 14.3 Å². The molecule has 0 bridgehead atoms. The number of nitrogens with zero attached hydrogens (tertiary/aromatic N) is 1. The molecule has 0 fully saturated rings. The van der Waals surface area contributed by atoms with Crippen LogP contribution >= 0.6 is 0 Å². The second-order valence-electron chi connectivity index (χ2n) is 5.22. The van der Waals surface area contributed by atoms with Gasteiger partial charge in [0, 0.05) is 24.4 Å². The van der Waals surface area contributed by atoms with Gasteiger partial charge < -0.3 is 10.0 Å². The Hall–Kier alpha value is -1.84. The van der Waals surface area contributed by atoms with Gasteiger partial charge in [-0.2, -0.15) is 0 Å². The van der Waals surface area contributed by atoms with E-state index >= 15 is 0 Å². The second-order valence-corrected chi connectivity index (χ2v) is 5.22. The summed E-state index contributed by atoms with van der Waals surface area (Å²) >= 11 is 0. The molecule has 0 radical (unpaired) electrons. The first-order valence-electron chi connectivity index (χ1n) is 7.46.